The molecule has 0 spiro atoms. The minimum Gasteiger partial charge on any atom is -0.497 e. The lowest BCUT2D eigenvalue weighted by Crippen LogP contribution is -2.30. The Kier molecular flexibility index (Phi) is 6.15. The highest BCUT2D eigenvalue weighted by Gasteiger charge is 2.14. The van der Waals surface area contributed by atoms with Crippen LogP contribution in [0.2, 0.25) is 0 Å². The van der Waals surface area contributed by atoms with Crippen LogP contribution >= 0.6 is 0 Å². The number of hydrogen-bond acceptors (Lipinski definition) is 4. The summed E-state index contributed by atoms with van der Waals surface area (Å²) in [5.74, 6) is 1.25. The van der Waals surface area contributed by atoms with E-state index in [-0.39, 0.29) is 18.6 Å². The molecule has 5 nitrogen and oxygen atoms in total. The standard InChI is InChI=1S/C14H21NO4/c1-5-19-9-14(16)15-10(2)12-7-6-11(17-3)8-13(12)18-4/h6-8,10H,5,9H2,1-4H3,(H,15,16). The van der Waals surface area contributed by atoms with Crippen LogP contribution in [0.5, 0.6) is 11.5 Å². The van der Waals surface area contributed by atoms with E-state index in [4.69, 9.17) is 14.2 Å². The van der Waals surface area contributed by atoms with Crippen molar-refractivity contribution in [3.63, 3.8) is 0 Å². The maximum atomic E-state index is 11.6. The Morgan fingerprint density at radius 2 is 2.05 bits per heavy atom. The highest BCUT2D eigenvalue weighted by atomic mass is 16.5. The summed E-state index contributed by atoms with van der Waals surface area (Å²) in [6.45, 7) is 4.34. The van der Waals surface area contributed by atoms with Gasteiger partial charge in [0.1, 0.15) is 18.1 Å². The van der Waals surface area contributed by atoms with Gasteiger partial charge in [0, 0.05) is 18.2 Å². The van der Waals surface area contributed by atoms with Crippen molar-refractivity contribution < 1.29 is 19.0 Å². The van der Waals surface area contributed by atoms with Crippen molar-refractivity contribution in [1.82, 2.24) is 5.32 Å². The van der Waals surface area contributed by atoms with Crippen molar-refractivity contribution in [2.24, 2.45) is 0 Å². The molecular weight excluding hydrogens is 246 g/mol. The van der Waals surface area contributed by atoms with Gasteiger partial charge in [0.2, 0.25) is 5.91 Å². The molecule has 1 aromatic carbocycles. The van der Waals surface area contributed by atoms with Crippen LogP contribution < -0.4 is 14.8 Å². The molecule has 0 aliphatic heterocycles. The molecule has 1 unspecified atom stereocenters. The summed E-state index contributed by atoms with van der Waals surface area (Å²) in [6, 6.07) is 5.35. The van der Waals surface area contributed by atoms with Gasteiger partial charge >= 0.3 is 0 Å². The van der Waals surface area contributed by atoms with Gasteiger partial charge < -0.3 is 19.5 Å². The molecule has 0 aliphatic carbocycles. The highest BCUT2D eigenvalue weighted by Crippen LogP contribution is 2.29. The molecule has 1 N–H and O–H groups in total. The van der Waals surface area contributed by atoms with Gasteiger partial charge in [-0.1, -0.05) is 0 Å². The second kappa shape index (κ2) is 7.63. The minimum absolute atomic E-state index is 0.0688. The number of nitrogens with one attached hydrogen (secondary N) is 1. The SMILES string of the molecule is CCOCC(=O)NC(C)c1ccc(OC)cc1OC. The number of amides is 1. The van der Waals surface area contributed by atoms with E-state index < -0.39 is 0 Å². The van der Waals surface area contributed by atoms with E-state index in [1.54, 1.807) is 20.3 Å². The van der Waals surface area contributed by atoms with Crippen molar-refractivity contribution in [1.29, 1.82) is 0 Å². The Bertz CT molecular complexity index is 420. The predicted octanol–water partition coefficient (Wildman–Crippen LogP) is 1.92. The summed E-state index contributed by atoms with van der Waals surface area (Å²) in [5.41, 5.74) is 0.896. The van der Waals surface area contributed by atoms with Crippen molar-refractivity contribution >= 4 is 5.91 Å². The fourth-order valence-corrected chi connectivity index (χ4v) is 1.73. The third-order valence-corrected chi connectivity index (χ3v) is 2.72. The molecule has 0 aliphatic rings. The van der Waals surface area contributed by atoms with E-state index in [1.807, 2.05) is 26.0 Å². The first kappa shape index (κ1) is 15.3. The van der Waals surface area contributed by atoms with Gasteiger partial charge in [-0.2, -0.15) is 0 Å². The van der Waals surface area contributed by atoms with Crippen LogP contribution in [0.4, 0.5) is 0 Å². The molecule has 106 valence electrons. The Hall–Kier alpha value is -1.75. The van der Waals surface area contributed by atoms with Crippen molar-refractivity contribution in [3.05, 3.63) is 23.8 Å². The quantitative estimate of drug-likeness (QED) is 0.820. The second-order valence-corrected chi connectivity index (χ2v) is 4.03. The Morgan fingerprint density at radius 3 is 2.63 bits per heavy atom. The molecule has 1 amide bonds. The van der Waals surface area contributed by atoms with Crippen LogP contribution in [0.15, 0.2) is 18.2 Å². The topological polar surface area (TPSA) is 56.8 Å². The normalized spacial score (nSPS) is 11.8. The van der Waals surface area contributed by atoms with Crippen molar-refractivity contribution in [2.75, 3.05) is 27.4 Å². The fraction of sp³-hybridized carbons (Fsp3) is 0.500. The van der Waals surface area contributed by atoms with Crippen molar-refractivity contribution in [2.45, 2.75) is 19.9 Å². The molecule has 5 heteroatoms. The summed E-state index contributed by atoms with van der Waals surface area (Å²) in [7, 11) is 3.19. The summed E-state index contributed by atoms with van der Waals surface area (Å²) >= 11 is 0. The summed E-state index contributed by atoms with van der Waals surface area (Å²) in [6.07, 6.45) is 0. The lowest BCUT2D eigenvalue weighted by Gasteiger charge is -2.18. The monoisotopic (exact) mass is 267 g/mol. The maximum absolute atomic E-state index is 11.6. The summed E-state index contributed by atoms with van der Waals surface area (Å²) in [5, 5.41) is 2.86. The lowest BCUT2D eigenvalue weighted by molar-refractivity contribution is -0.126. The number of methoxy groups -OCH3 is 2. The summed E-state index contributed by atoms with van der Waals surface area (Å²) in [4.78, 5) is 11.6. The third-order valence-electron chi connectivity index (χ3n) is 2.72. The molecule has 1 rings (SSSR count). The van der Waals surface area contributed by atoms with Gasteiger partial charge in [-0.15, -0.1) is 0 Å². The van der Waals surface area contributed by atoms with Gasteiger partial charge in [0.25, 0.3) is 0 Å². The van der Waals surface area contributed by atoms with E-state index in [0.717, 1.165) is 5.56 Å². The first-order valence-corrected chi connectivity index (χ1v) is 6.21. The zero-order valence-corrected chi connectivity index (χ0v) is 11.9. The molecule has 0 bridgehead atoms. The zero-order valence-electron chi connectivity index (χ0n) is 11.9. The Balaban J connectivity index is 2.75. The number of carbonyl (C=O) groups excluding carboxylic acids is 1. The number of ether oxygens (including phenoxy) is 3. The molecule has 0 aromatic heterocycles. The minimum atomic E-state index is -0.159. The number of hydrogen-bond donors (Lipinski definition) is 1. The van der Waals surface area contributed by atoms with Gasteiger partial charge in [-0.25, -0.2) is 0 Å². The van der Waals surface area contributed by atoms with Crippen LogP contribution in [0.25, 0.3) is 0 Å². The van der Waals surface area contributed by atoms with Crippen LogP contribution in [0.1, 0.15) is 25.5 Å². The fourth-order valence-electron chi connectivity index (χ4n) is 1.73. The number of rotatable bonds is 7. The largest absolute Gasteiger partial charge is 0.497 e. The molecule has 1 aromatic rings. The van der Waals surface area contributed by atoms with E-state index in [1.165, 1.54) is 0 Å². The van der Waals surface area contributed by atoms with Gasteiger partial charge in [-0.3, -0.25) is 4.79 Å². The summed E-state index contributed by atoms with van der Waals surface area (Å²) < 4.78 is 15.5. The van der Waals surface area contributed by atoms with E-state index >= 15 is 0 Å². The van der Waals surface area contributed by atoms with Crippen LogP contribution in [0, 0.1) is 0 Å². The van der Waals surface area contributed by atoms with Crippen molar-refractivity contribution in [3.8, 4) is 11.5 Å². The van der Waals surface area contributed by atoms with Gasteiger partial charge in [-0.05, 0) is 26.0 Å². The first-order chi connectivity index (χ1) is 9.12. The molecule has 0 saturated heterocycles. The van der Waals surface area contributed by atoms with Crippen LogP contribution in [-0.4, -0.2) is 33.3 Å². The smallest absolute Gasteiger partial charge is 0.246 e. The van der Waals surface area contributed by atoms with Crippen LogP contribution in [-0.2, 0) is 9.53 Å². The third kappa shape index (κ3) is 4.44. The molecule has 0 radical (unpaired) electrons. The molecule has 0 heterocycles. The van der Waals surface area contributed by atoms with Crippen LogP contribution in [0.3, 0.4) is 0 Å². The Morgan fingerprint density at radius 1 is 1.32 bits per heavy atom. The lowest BCUT2D eigenvalue weighted by atomic mass is 10.1. The van der Waals surface area contributed by atoms with E-state index in [0.29, 0.717) is 18.1 Å². The Labute approximate surface area is 113 Å². The average Bonchev–Trinajstić information content (AvgIpc) is 2.44. The predicted molar refractivity (Wildman–Crippen MR) is 72.6 cm³/mol. The maximum Gasteiger partial charge on any atom is 0.246 e. The van der Waals surface area contributed by atoms with Gasteiger partial charge in [0.05, 0.1) is 20.3 Å². The molecule has 19 heavy (non-hydrogen) atoms. The first-order valence-electron chi connectivity index (χ1n) is 6.21. The highest BCUT2D eigenvalue weighted by molar-refractivity contribution is 5.77. The number of benzene rings is 1. The molecule has 1 atom stereocenters. The van der Waals surface area contributed by atoms with E-state index in [2.05, 4.69) is 5.32 Å². The molecule has 0 fully saturated rings. The zero-order chi connectivity index (χ0) is 14.3. The number of carbonyl (C=O) groups is 1. The average molecular weight is 267 g/mol. The second-order valence-electron chi connectivity index (χ2n) is 4.03. The van der Waals surface area contributed by atoms with Gasteiger partial charge in [0.15, 0.2) is 0 Å². The molecular formula is C14H21NO4. The van der Waals surface area contributed by atoms with E-state index in [9.17, 15) is 4.79 Å². The molecule has 0 saturated carbocycles.